The Balaban J connectivity index is 2.14. The molecule has 94 valence electrons. The molecule has 0 amide bonds. The molecule has 1 aliphatic rings. The second kappa shape index (κ2) is 5.63. The monoisotopic (exact) mass is 233 g/mol. The minimum absolute atomic E-state index is 0.318. The third-order valence-electron chi connectivity index (χ3n) is 3.93. The standard InChI is InChI=1S/C15H23NO/c1-11-9-10-14(12(2)16-11)15(17)13-7-5-3-4-6-8-13/h9-10,13,15,17H,3-8H2,1-2H3. The van der Waals surface area contributed by atoms with Gasteiger partial charge in [-0.1, -0.05) is 31.7 Å². The van der Waals surface area contributed by atoms with Gasteiger partial charge < -0.3 is 5.11 Å². The fourth-order valence-corrected chi connectivity index (χ4v) is 2.89. The van der Waals surface area contributed by atoms with Gasteiger partial charge in [-0.3, -0.25) is 4.98 Å². The summed E-state index contributed by atoms with van der Waals surface area (Å²) in [5, 5.41) is 10.5. The maximum Gasteiger partial charge on any atom is 0.0835 e. The molecule has 0 radical (unpaired) electrons. The molecule has 0 aromatic carbocycles. The van der Waals surface area contributed by atoms with Gasteiger partial charge in [0, 0.05) is 17.0 Å². The average molecular weight is 233 g/mol. The number of pyridine rings is 1. The van der Waals surface area contributed by atoms with Crippen LogP contribution in [0.3, 0.4) is 0 Å². The Kier molecular flexibility index (Phi) is 4.16. The number of aryl methyl sites for hydroxylation is 2. The second-order valence-electron chi connectivity index (χ2n) is 5.32. The zero-order valence-corrected chi connectivity index (χ0v) is 10.9. The van der Waals surface area contributed by atoms with Gasteiger partial charge in [0.2, 0.25) is 0 Å². The summed E-state index contributed by atoms with van der Waals surface area (Å²) in [7, 11) is 0. The molecule has 2 heteroatoms. The third kappa shape index (κ3) is 3.06. The predicted octanol–water partition coefficient (Wildman–Crippen LogP) is 3.70. The Morgan fingerprint density at radius 1 is 1.12 bits per heavy atom. The van der Waals surface area contributed by atoms with E-state index >= 15 is 0 Å². The highest BCUT2D eigenvalue weighted by molar-refractivity contribution is 5.24. The molecule has 1 heterocycles. The molecule has 1 N–H and O–H groups in total. The Bertz CT molecular complexity index is 367. The van der Waals surface area contributed by atoms with Crippen molar-refractivity contribution in [2.45, 2.75) is 58.5 Å². The van der Waals surface area contributed by atoms with Gasteiger partial charge in [-0.15, -0.1) is 0 Å². The van der Waals surface area contributed by atoms with Crippen LogP contribution < -0.4 is 0 Å². The number of hydrogen-bond donors (Lipinski definition) is 1. The summed E-state index contributed by atoms with van der Waals surface area (Å²) in [5.41, 5.74) is 3.04. The molecule has 0 spiro atoms. The Hall–Kier alpha value is -0.890. The summed E-state index contributed by atoms with van der Waals surface area (Å²) in [6.45, 7) is 4.00. The summed E-state index contributed by atoms with van der Waals surface area (Å²) in [5.74, 6) is 0.431. The number of hydrogen-bond acceptors (Lipinski definition) is 2. The van der Waals surface area contributed by atoms with Gasteiger partial charge in [0.05, 0.1) is 6.10 Å². The highest BCUT2D eigenvalue weighted by Gasteiger charge is 2.23. The molecular formula is C15H23NO. The zero-order valence-electron chi connectivity index (χ0n) is 10.9. The predicted molar refractivity (Wildman–Crippen MR) is 69.9 cm³/mol. The molecule has 1 aromatic rings. The van der Waals surface area contributed by atoms with Crippen LogP contribution in [0.1, 0.15) is 61.6 Å². The van der Waals surface area contributed by atoms with E-state index in [2.05, 4.69) is 4.98 Å². The van der Waals surface area contributed by atoms with Crippen molar-refractivity contribution in [3.63, 3.8) is 0 Å². The Labute approximate surface area is 104 Å². The van der Waals surface area contributed by atoms with Crippen molar-refractivity contribution in [2.24, 2.45) is 5.92 Å². The van der Waals surface area contributed by atoms with Gasteiger partial charge in [0.1, 0.15) is 0 Å². The van der Waals surface area contributed by atoms with Gasteiger partial charge in [-0.25, -0.2) is 0 Å². The van der Waals surface area contributed by atoms with E-state index in [9.17, 15) is 5.11 Å². The summed E-state index contributed by atoms with van der Waals surface area (Å²) >= 11 is 0. The van der Waals surface area contributed by atoms with Crippen molar-refractivity contribution in [3.8, 4) is 0 Å². The first-order chi connectivity index (χ1) is 8.18. The van der Waals surface area contributed by atoms with E-state index < -0.39 is 0 Å². The number of nitrogens with zero attached hydrogens (tertiary/aromatic N) is 1. The van der Waals surface area contributed by atoms with Crippen LogP contribution in [0.4, 0.5) is 0 Å². The van der Waals surface area contributed by atoms with Gasteiger partial charge in [-0.05, 0) is 38.7 Å². The van der Waals surface area contributed by atoms with Crippen molar-refractivity contribution in [1.82, 2.24) is 4.98 Å². The highest BCUT2D eigenvalue weighted by atomic mass is 16.3. The molecular weight excluding hydrogens is 210 g/mol. The molecule has 1 atom stereocenters. The Morgan fingerprint density at radius 2 is 1.76 bits per heavy atom. The quantitative estimate of drug-likeness (QED) is 0.790. The minimum atomic E-state index is -0.318. The largest absolute Gasteiger partial charge is 0.388 e. The van der Waals surface area contributed by atoms with Crippen LogP contribution in [0.5, 0.6) is 0 Å². The molecule has 1 unspecified atom stereocenters. The van der Waals surface area contributed by atoms with Crippen LogP contribution in [0, 0.1) is 19.8 Å². The van der Waals surface area contributed by atoms with Gasteiger partial charge in [0.15, 0.2) is 0 Å². The SMILES string of the molecule is Cc1ccc(C(O)C2CCCCCC2)c(C)n1. The second-order valence-corrected chi connectivity index (χ2v) is 5.32. The zero-order chi connectivity index (χ0) is 12.3. The highest BCUT2D eigenvalue weighted by Crippen LogP contribution is 2.34. The first kappa shape index (κ1) is 12.6. The topological polar surface area (TPSA) is 33.1 Å². The Morgan fingerprint density at radius 3 is 2.35 bits per heavy atom. The number of aliphatic hydroxyl groups is 1. The maximum absolute atomic E-state index is 10.5. The van der Waals surface area contributed by atoms with Crippen molar-refractivity contribution in [1.29, 1.82) is 0 Å². The molecule has 1 aromatic heterocycles. The molecule has 1 aliphatic carbocycles. The van der Waals surface area contributed by atoms with Crippen LogP contribution in [-0.2, 0) is 0 Å². The normalized spacial score (nSPS) is 19.9. The molecule has 2 rings (SSSR count). The van der Waals surface area contributed by atoms with Crippen molar-refractivity contribution < 1.29 is 5.11 Å². The number of aliphatic hydroxyl groups excluding tert-OH is 1. The van der Waals surface area contributed by atoms with E-state index in [0.717, 1.165) is 29.8 Å². The summed E-state index contributed by atoms with van der Waals surface area (Å²) < 4.78 is 0. The molecule has 1 fully saturated rings. The lowest BCUT2D eigenvalue weighted by atomic mass is 9.89. The molecule has 1 saturated carbocycles. The maximum atomic E-state index is 10.5. The summed E-state index contributed by atoms with van der Waals surface area (Å²) in [4.78, 5) is 4.45. The lowest BCUT2D eigenvalue weighted by Gasteiger charge is -2.22. The molecule has 17 heavy (non-hydrogen) atoms. The third-order valence-corrected chi connectivity index (χ3v) is 3.93. The molecule has 0 aliphatic heterocycles. The fraction of sp³-hybridized carbons (Fsp3) is 0.667. The van der Waals surface area contributed by atoms with Gasteiger partial charge >= 0.3 is 0 Å². The molecule has 0 bridgehead atoms. The van der Waals surface area contributed by atoms with E-state index in [1.807, 2.05) is 26.0 Å². The van der Waals surface area contributed by atoms with Crippen molar-refractivity contribution in [2.75, 3.05) is 0 Å². The van der Waals surface area contributed by atoms with Gasteiger partial charge in [0.25, 0.3) is 0 Å². The molecule has 2 nitrogen and oxygen atoms in total. The van der Waals surface area contributed by atoms with Crippen LogP contribution in [0.15, 0.2) is 12.1 Å². The first-order valence-corrected chi connectivity index (χ1v) is 6.80. The van der Waals surface area contributed by atoms with Crippen LogP contribution >= 0.6 is 0 Å². The smallest absolute Gasteiger partial charge is 0.0835 e. The van der Waals surface area contributed by atoms with Crippen molar-refractivity contribution in [3.05, 3.63) is 29.1 Å². The van der Waals surface area contributed by atoms with Gasteiger partial charge in [-0.2, -0.15) is 0 Å². The fourth-order valence-electron chi connectivity index (χ4n) is 2.89. The molecule has 0 saturated heterocycles. The number of rotatable bonds is 2. The average Bonchev–Trinajstić information content (AvgIpc) is 2.56. The van der Waals surface area contributed by atoms with E-state index in [-0.39, 0.29) is 6.10 Å². The van der Waals surface area contributed by atoms with Crippen LogP contribution in [0.2, 0.25) is 0 Å². The lowest BCUT2D eigenvalue weighted by Crippen LogP contribution is -2.14. The minimum Gasteiger partial charge on any atom is -0.388 e. The van der Waals surface area contributed by atoms with E-state index in [1.165, 1.54) is 25.7 Å². The lowest BCUT2D eigenvalue weighted by molar-refractivity contribution is 0.0978. The van der Waals surface area contributed by atoms with E-state index in [0.29, 0.717) is 5.92 Å². The van der Waals surface area contributed by atoms with E-state index in [1.54, 1.807) is 0 Å². The summed E-state index contributed by atoms with van der Waals surface area (Å²) in [6.07, 6.45) is 7.19. The van der Waals surface area contributed by atoms with Crippen LogP contribution in [0.25, 0.3) is 0 Å². The first-order valence-electron chi connectivity index (χ1n) is 6.80. The van der Waals surface area contributed by atoms with Crippen molar-refractivity contribution >= 4 is 0 Å². The van der Waals surface area contributed by atoms with E-state index in [4.69, 9.17) is 0 Å². The summed E-state index contributed by atoms with van der Waals surface area (Å²) in [6, 6.07) is 4.05. The van der Waals surface area contributed by atoms with Crippen LogP contribution in [-0.4, -0.2) is 10.1 Å². The number of aromatic nitrogens is 1.